The van der Waals surface area contributed by atoms with E-state index in [-0.39, 0.29) is 24.3 Å². The third-order valence-electron chi connectivity index (χ3n) is 3.53. The molecule has 1 saturated heterocycles. The summed E-state index contributed by atoms with van der Waals surface area (Å²) in [4.78, 5) is 27.8. The number of piperazine rings is 1. The fourth-order valence-corrected chi connectivity index (χ4v) is 2.29. The average Bonchev–Trinajstić information content (AvgIpc) is 2.40. The molecule has 1 unspecified atom stereocenters. The summed E-state index contributed by atoms with van der Waals surface area (Å²) in [7, 11) is 1.81. The fraction of sp³-hybridized carbons (Fsp3) is 0.857. The highest BCUT2D eigenvalue weighted by Gasteiger charge is 2.30. The molecule has 2 amide bonds. The molecule has 0 aromatic rings. The van der Waals surface area contributed by atoms with E-state index >= 15 is 0 Å². The number of nitrogens with zero attached hydrogens (tertiary/aromatic N) is 2. The molecule has 1 atom stereocenters. The van der Waals surface area contributed by atoms with Gasteiger partial charge >= 0.3 is 0 Å². The Hall–Kier alpha value is -1.10. The van der Waals surface area contributed by atoms with E-state index < -0.39 is 0 Å². The van der Waals surface area contributed by atoms with Crippen molar-refractivity contribution in [1.82, 2.24) is 15.1 Å². The zero-order valence-corrected chi connectivity index (χ0v) is 12.4. The van der Waals surface area contributed by atoms with Gasteiger partial charge in [-0.15, -0.1) is 0 Å². The Morgan fingerprint density at radius 2 is 2.16 bits per heavy atom. The highest BCUT2D eigenvalue weighted by atomic mass is 16.2. The van der Waals surface area contributed by atoms with Crippen molar-refractivity contribution in [1.29, 1.82) is 0 Å². The molecule has 1 heterocycles. The van der Waals surface area contributed by atoms with Crippen molar-refractivity contribution < 1.29 is 9.59 Å². The minimum absolute atomic E-state index is 0.0534. The van der Waals surface area contributed by atoms with Crippen LogP contribution < -0.4 is 5.32 Å². The summed E-state index contributed by atoms with van der Waals surface area (Å²) >= 11 is 0. The van der Waals surface area contributed by atoms with E-state index in [1.54, 1.807) is 4.90 Å². The largest absolute Gasteiger partial charge is 0.346 e. The molecule has 1 fully saturated rings. The number of amides is 2. The maximum absolute atomic E-state index is 12.2. The molecule has 5 heteroatoms. The van der Waals surface area contributed by atoms with Crippen LogP contribution in [0, 0.1) is 0 Å². The Kier molecular flexibility index (Phi) is 6.84. The molecule has 0 aromatic heterocycles. The van der Waals surface area contributed by atoms with Gasteiger partial charge in [0, 0.05) is 33.2 Å². The molecular weight excluding hydrogens is 242 g/mol. The van der Waals surface area contributed by atoms with E-state index in [9.17, 15) is 9.59 Å². The van der Waals surface area contributed by atoms with Gasteiger partial charge in [-0.1, -0.05) is 20.3 Å². The average molecular weight is 269 g/mol. The lowest BCUT2D eigenvalue weighted by Gasteiger charge is -2.33. The van der Waals surface area contributed by atoms with E-state index in [1.165, 1.54) is 0 Å². The van der Waals surface area contributed by atoms with Crippen LogP contribution in [0.3, 0.4) is 0 Å². The van der Waals surface area contributed by atoms with Gasteiger partial charge in [-0.05, 0) is 12.8 Å². The maximum atomic E-state index is 12.2. The number of carbonyl (C=O) groups excluding carboxylic acids is 2. The van der Waals surface area contributed by atoms with Crippen LogP contribution in [0.25, 0.3) is 0 Å². The summed E-state index contributed by atoms with van der Waals surface area (Å²) in [6.45, 7) is 7.26. The van der Waals surface area contributed by atoms with Gasteiger partial charge in [-0.2, -0.15) is 0 Å². The molecule has 0 aromatic carbocycles. The van der Waals surface area contributed by atoms with Gasteiger partial charge < -0.3 is 15.1 Å². The van der Waals surface area contributed by atoms with Crippen LogP contribution in [-0.2, 0) is 9.59 Å². The summed E-state index contributed by atoms with van der Waals surface area (Å²) in [5, 5.41) is 3.16. The lowest BCUT2D eigenvalue weighted by Crippen LogP contribution is -2.56. The Morgan fingerprint density at radius 1 is 1.42 bits per heavy atom. The number of hydrogen-bond donors (Lipinski definition) is 1. The Balaban J connectivity index is 2.46. The minimum atomic E-state index is -0.336. The number of carbonyl (C=O) groups is 2. The molecule has 110 valence electrons. The van der Waals surface area contributed by atoms with E-state index in [2.05, 4.69) is 19.2 Å². The normalized spacial score (nSPS) is 19.6. The molecule has 1 rings (SSSR count). The number of nitrogens with one attached hydrogen (secondary N) is 1. The van der Waals surface area contributed by atoms with Gasteiger partial charge in [0.1, 0.15) is 0 Å². The summed E-state index contributed by atoms with van der Waals surface area (Å²) in [6.07, 6.45) is 3.32. The van der Waals surface area contributed by atoms with Gasteiger partial charge in [0.2, 0.25) is 11.8 Å². The predicted octanol–water partition coefficient (Wildman–Crippen LogP) is 0.845. The number of unbranched alkanes of at least 4 members (excludes halogenated alkanes) is 1. The fourth-order valence-electron chi connectivity index (χ4n) is 2.29. The van der Waals surface area contributed by atoms with Crippen molar-refractivity contribution in [2.45, 2.75) is 45.6 Å². The van der Waals surface area contributed by atoms with Gasteiger partial charge in [0.05, 0.1) is 12.5 Å². The Bertz CT molecular complexity index is 305. The first-order chi connectivity index (χ1) is 9.10. The number of rotatable bonds is 7. The van der Waals surface area contributed by atoms with E-state index in [0.29, 0.717) is 0 Å². The molecular formula is C14H27N3O2. The van der Waals surface area contributed by atoms with Gasteiger partial charge in [-0.25, -0.2) is 0 Å². The molecule has 1 aliphatic rings. The van der Waals surface area contributed by atoms with E-state index in [4.69, 9.17) is 0 Å². The highest BCUT2D eigenvalue weighted by Crippen LogP contribution is 2.08. The lowest BCUT2D eigenvalue weighted by molar-refractivity contribution is -0.140. The van der Waals surface area contributed by atoms with Crippen LogP contribution in [0.4, 0.5) is 0 Å². The van der Waals surface area contributed by atoms with Crippen molar-refractivity contribution >= 4 is 11.8 Å². The maximum Gasteiger partial charge on any atom is 0.240 e. The second-order valence-electron chi connectivity index (χ2n) is 5.20. The monoisotopic (exact) mass is 269 g/mol. The second kappa shape index (κ2) is 8.15. The van der Waals surface area contributed by atoms with Gasteiger partial charge in [-0.3, -0.25) is 9.59 Å². The summed E-state index contributed by atoms with van der Waals surface area (Å²) in [5.41, 5.74) is 0. The highest BCUT2D eigenvalue weighted by molar-refractivity contribution is 5.88. The van der Waals surface area contributed by atoms with Crippen molar-refractivity contribution in [3.8, 4) is 0 Å². The minimum Gasteiger partial charge on any atom is -0.346 e. The van der Waals surface area contributed by atoms with Crippen LogP contribution in [0.2, 0.25) is 0 Å². The van der Waals surface area contributed by atoms with Crippen LogP contribution in [0.5, 0.6) is 0 Å². The SMILES string of the molecule is CCCCN(C)C(=O)CC1NCCN(CCC)C1=O. The van der Waals surface area contributed by atoms with Crippen LogP contribution >= 0.6 is 0 Å². The Morgan fingerprint density at radius 3 is 2.79 bits per heavy atom. The molecule has 0 spiro atoms. The first-order valence-corrected chi connectivity index (χ1v) is 7.36. The first kappa shape index (κ1) is 16.0. The number of hydrogen-bond acceptors (Lipinski definition) is 3. The Labute approximate surface area is 116 Å². The van der Waals surface area contributed by atoms with Crippen molar-refractivity contribution in [2.24, 2.45) is 0 Å². The molecule has 1 N–H and O–H groups in total. The molecule has 0 saturated carbocycles. The lowest BCUT2D eigenvalue weighted by atomic mass is 10.1. The van der Waals surface area contributed by atoms with Gasteiger partial charge in [0.15, 0.2) is 0 Å². The third kappa shape index (κ3) is 4.82. The van der Waals surface area contributed by atoms with Gasteiger partial charge in [0.25, 0.3) is 0 Å². The quantitative estimate of drug-likeness (QED) is 0.745. The topological polar surface area (TPSA) is 52.7 Å². The summed E-state index contributed by atoms with van der Waals surface area (Å²) < 4.78 is 0. The third-order valence-corrected chi connectivity index (χ3v) is 3.53. The standard InChI is InChI=1S/C14H27N3O2/c1-4-6-9-16(3)13(18)11-12-14(19)17(8-5-2)10-7-15-12/h12,15H,4-11H2,1-3H3. The zero-order chi connectivity index (χ0) is 14.3. The second-order valence-corrected chi connectivity index (χ2v) is 5.20. The van der Waals surface area contributed by atoms with Crippen LogP contribution in [0.1, 0.15) is 39.5 Å². The molecule has 0 bridgehead atoms. The summed E-state index contributed by atoms with van der Waals surface area (Å²) in [5.74, 6) is 0.128. The smallest absolute Gasteiger partial charge is 0.240 e. The van der Waals surface area contributed by atoms with E-state index in [1.807, 2.05) is 11.9 Å². The van der Waals surface area contributed by atoms with Crippen LogP contribution in [-0.4, -0.2) is 60.9 Å². The van der Waals surface area contributed by atoms with E-state index in [0.717, 1.165) is 45.4 Å². The first-order valence-electron chi connectivity index (χ1n) is 7.36. The molecule has 0 aliphatic carbocycles. The molecule has 1 aliphatic heterocycles. The molecule has 19 heavy (non-hydrogen) atoms. The summed E-state index contributed by atoms with van der Waals surface area (Å²) in [6, 6.07) is -0.336. The molecule has 0 radical (unpaired) electrons. The van der Waals surface area contributed by atoms with Crippen molar-refractivity contribution in [2.75, 3.05) is 33.2 Å². The zero-order valence-electron chi connectivity index (χ0n) is 12.4. The van der Waals surface area contributed by atoms with Crippen LogP contribution in [0.15, 0.2) is 0 Å². The van der Waals surface area contributed by atoms with Crippen molar-refractivity contribution in [3.63, 3.8) is 0 Å². The predicted molar refractivity (Wildman–Crippen MR) is 75.8 cm³/mol. The molecule has 5 nitrogen and oxygen atoms in total. The van der Waals surface area contributed by atoms with Crippen molar-refractivity contribution in [3.05, 3.63) is 0 Å².